The fourth-order valence-corrected chi connectivity index (χ4v) is 4.20. The SMILES string of the molecule is Cc1nonc1CN1CCN(C(=O)C2CC(=O)N(C)C2c2cccc(F)c2)CC1. The monoisotopic (exact) mass is 401 g/mol. The van der Waals surface area contributed by atoms with Crippen molar-refractivity contribution in [2.75, 3.05) is 33.2 Å². The molecule has 1 aromatic carbocycles. The number of piperazine rings is 1. The molecule has 2 aliphatic heterocycles. The van der Waals surface area contributed by atoms with E-state index in [0.29, 0.717) is 38.3 Å². The molecule has 0 radical (unpaired) electrons. The fourth-order valence-electron chi connectivity index (χ4n) is 4.20. The summed E-state index contributed by atoms with van der Waals surface area (Å²) in [5.41, 5.74) is 2.23. The van der Waals surface area contributed by atoms with Crippen LogP contribution in [-0.4, -0.2) is 70.1 Å². The van der Waals surface area contributed by atoms with E-state index in [1.165, 1.54) is 12.1 Å². The zero-order chi connectivity index (χ0) is 20.5. The van der Waals surface area contributed by atoms with Crippen molar-refractivity contribution in [2.45, 2.75) is 25.9 Å². The van der Waals surface area contributed by atoms with Crippen molar-refractivity contribution in [2.24, 2.45) is 5.92 Å². The minimum Gasteiger partial charge on any atom is -0.340 e. The molecule has 0 bridgehead atoms. The molecule has 3 heterocycles. The second kappa shape index (κ2) is 7.90. The zero-order valence-electron chi connectivity index (χ0n) is 16.5. The Labute approximate surface area is 168 Å². The lowest BCUT2D eigenvalue weighted by molar-refractivity contribution is -0.138. The van der Waals surface area contributed by atoms with E-state index >= 15 is 0 Å². The summed E-state index contributed by atoms with van der Waals surface area (Å²) in [6, 6.07) is 5.72. The summed E-state index contributed by atoms with van der Waals surface area (Å²) in [6.07, 6.45) is 0.153. The van der Waals surface area contributed by atoms with Crippen LogP contribution >= 0.6 is 0 Å². The first kappa shape index (κ1) is 19.5. The Morgan fingerprint density at radius 1 is 1.24 bits per heavy atom. The zero-order valence-corrected chi connectivity index (χ0v) is 16.5. The van der Waals surface area contributed by atoms with Crippen molar-refractivity contribution < 1.29 is 18.6 Å². The first-order valence-corrected chi connectivity index (χ1v) is 9.74. The number of hydrogen-bond donors (Lipinski definition) is 0. The number of amides is 2. The van der Waals surface area contributed by atoms with E-state index in [9.17, 15) is 14.0 Å². The Morgan fingerprint density at radius 3 is 2.66 bits per heavy atom. The number of halogens is 1. The normalized spacial score (nSPS) is 23.1. The number of rotatable bonds is 4. The van der Waals surface area contributed by atoms with Crippen LogP contribution in [0.5, 0.6) is 0 Å². The topological polar surface area (TPSA) is 82.8 Å². The predicted molar refractivity (Wildman–Crippen MR) is 101 cm³/mol. The van der Waals surface area contributed by atoms with E-state index in [2.05, 4.69) is 15.2 Å². The lowest BCUT2D eigenvalue weighted by Crippen LogP contribution is -2.50. The molecule has 2 atom stereocenters. The molecule has 2 fully saturated rings. The number of nitrogens with zero attached hydrogens (tertiary/aromatic N) is 5. The molecule has 9 heteroatoms. The molecule has 0 spiro atoms. The largest absolute Gasteiger partial charge is 0.340 e. The van der Waals surface area contributed by atoms with Gasteiger partial charge in [0.05, 0.1) is 12.0 Å². The van der Waals surface area contributed by atoms with Gasteiger partial charge in [0.25, 0.3) is 0 Å². The Kier molecular flexibility index (Phi) is 5.31. The van der Waals surface area contributed by atoms with E-state index in [1.807, 2.05) is 11.8 Å². The van der Waals surface area contributed by atoms with Gasteiger partial charge in [-0.3, -0.25) is 14.5 Å². The Morgan fingerprint density at radius 2 is 2.00 bits per heavy atom. The van der Waals surface area contributed by atoms with Gasteiger partial charge in [0.2, 0.25) is 11.8 Å². The molecular formula is C20H24FN5O3. The second-order valence-corrected chi connectivity index (χ2v) is 7.71. The van der Waals surface area contributed by atoms with Crippen molar-refractivity contribution in [1.82, 2.24) is 25.0 Å². The van der Waals surface area contributed by atoms with Gasteiger partial charge < -0.3 is 9.80 Å². The van der Waals surface area contributed by atoms with Crippen molar-refractivity contribution in [3.05, 3.63) is 47.0 Å². The second-order valence-electron chi connectivity index (χ2n) is 7.71. The van der Waals surface area contributed by atoms with Crippen LogP contribution in [0.25, 0.3) is 0 Å². The molecule has 0 N–H and O–H groups in total. The van der Waals surface area contributed by atoms with Crippen LogP contribution in [0, 0.1) is 18.7 Å². The van der Waals surface area contributed by atoms with Crippen LogP contribution in [0.2, 0.25) is 0 Å². The Balaban J connectivity index is 1.43. The van der Waals surface area contributed by atoms with Gasteiger partial charge in [0, 0.05) is 46.2 Å². The molecule has 2 aromatic rings. The van der Waals surface area contributed by atoms with Crippen molar-refractivity contribution in [3.63, 3.8) is 0 Å². The highest BCUT2D eigenvalue weighted by Crippen LogP contribution is 2.38. The highest BCUT2D eigenvalue weighted by molar-refractivity contribution is 5.90. The summed E-state index contributed by atoms with van der Waals surface area (Å²) in [7, 11) is 1.68. The van der Waals surface area contributed by atoms with Gasteiger partial charge in [-0.1, -0.05) is 22.4 Å². The fraction of sp³-hybridized carbons (Fsp3) is 0.500. The molecule has 154 valence electrons. The third kappa shape index (κ3) is 3.87. The summed E-state index contributed by atoms with van der Waals surface area (Å²) >= 11 is 0. The van der Waals surface area contributed by atoms with Gasteiger partial charge in [-0.15, -0.1) is 0 Å². The Bertz CT molecular complexity index is 909. The van der Waals surface area contributed by atoms with Crippen LogP contribution < -0.4 is 0 Å². The molecule has 0 saturated carbocycles. The first-order valence-electron chi connectivity index (χ1n) is 9.74. The van der Waals surface area contributed by atoms with Crippen LogP contribution in [0.4, 0.5) is 4.39 Å². The molecule has 1 aromatic heterocycles. The van der Waals surface area contributed by atoms with Crippen molar-refractivity contribution in [3.8, 4) is 0 Å². The molecule has 2 aliphatic rings. The number of benzene rings is 1. The van der Waals surface area contributed by atoms with Gasteiger partial charge in [-0.2, -0.15) is 0 Å². The van der Waals surface area contributed by atoms with Gasteiger partial charge in [0.15, 0.2) is 0 Å². The Hall–Kier alpha value is -2.81. The van der Waals surface area contributed by atoms with Gasteiger partial charge in [0.1, 0.15) is 17.2 Å². The molecule has 2 saturated heterocycles. The molecule has 2 unspecified atom stereocenters. The summed E-state index contributed by atoms with van der Waals surface area (Å²) in [4.78, 5) is 31.1. The number of aryl methyl sites for hydroxylation is 1. The summed E-state index contributed by atoms with van der Waals surface area (Å²) in [6.45, 7) is 5.05. The van der Waals surface area contributed by atoms with Gasteiger partial charge in [-0.05, 0) is 24.6 Å². The van der Waals surface area contributed by atoms with Crippen LogP contribution in [0.3, 0.4) is 0 Å². The number of carbonyl (C=O) groups excluding carboxylic acids is 2. The highest BCUT2D eigenvalue weighted by Gasteiger charge is 2.44. The van der Waals surface area contributed by atoms with Crippen molar-refractivity contribution >= 4 is 11.8 Å². The van der Waals surface area contributed by atoms with Gasteiger partial charge in [-0.25, -0.2) is 9.02 Å². The van der Waals surface area contributed by atoms with E-state index < -0.39 is 12.0 Å². The maximum atomic E-state index is 13.7. The number of carbonyl (C=O) groups is 2. The average Bonchev–Trinajstić information content (AvgIpc) is 3.25. The summed E-state index contributed by atoms with van der Waals surface area (Å²) in [5.74, 6) is -1.00. The molecule has 0 aliphatic carbocycles. The van der Waals surface area contributed by atoms with Gasteiger partial charge >= 0.3 is 0 Å². The summed E-state index contributed by atoms with van der Waals surface area (Å²) < 4.78 is 18.5. The highest BCUT2D eigenvalue weighted by atomic mass is 19.1. The van der Waals surface area contributed by atoms with Crippen molar-refractivity contribution in [1.29, 1.82) is 0 Å². The van der Waals surface area contributed by atoms with E-state index in [1.54, 1.807) is 24.1 Å². The van der Waals surface area contributed by atoms with Crippen LogP contribution in [0.15, 0.2) is 28.9 Å². The molecule has 4 rings (SSSR count). The minimum absolute atomic E-state index is 0.0455. The van der Waals surface area contributed by atoms with E-state index in [0.717, 1.165) is 11.4 Å². The smallest absolute Gasteiger partial charge is 0.228 e. The maximum absolute atomic E-state index is 13.7. The minimum atomic E-state index is -0.497. The molecule has 29 heavy (non-hydrogen) atoms. The summed E-state index contributed by atoms with van der Waals surface area (Å²) in [5, 5.41) is 7.71. The predicted octanol–water partition coefficient (Wildman–Crippen LogP) is 1.38. The number of likely N-dealkylation sites (tertiary alicyclic amines) is 1. The molecule has 2 amide bonds. The van der Waals surface area contributed by atoms with E-state index in [-0.39, 0.29) is 24.1 Å². The standard InChI is InChI=1S/C20H24FN5O3/c1-13-17(23-29-22-13)12-25-6-8-26(9-7-25)20(28)16-11-18(27)24(2)19(16)14-4-3-5-15(21)10-14/h3-5,10,16,19H,6-9,11-12H2,1-2H3. The lowest BCUT2D eigenvalue weighted by Gasteiger charge is -2.36. The van der Waals surface area contributed by atoms with E-state index in [4.69, 9.17) is 4.63 Å². The molecular weight excluding hydrogens is 377 g/mol. The number of aromatic nitrogens is 2. The first-order chi connectivity index (χ1) is 13.9. The number of hydrogen-bond acceptors (Lipinski definition) is 6. The van der Waals surface area contributed by atoms with Crippen LogP contribution in [-0.2, 0) is 16.1 Å². The third-order valence-electron chi connectivity index (χ3n) is 5.90. The lowest BCUT2D eigenvalue weighted by atomic mass is 9.92. The quantitative estimate of drug-likeness (QED) is 0.770. The third-order valence-corrected chi connectivity index (χ3v) is 5.90. The average molecular weight is 401 g/mol. The van der Waals surface area contributed by atoms with Crippen LogP contribution in [0.1, 0.15) is 29.4 Å². The maximum Gasteiger partial charge on any atom is 0.228 e. The molecule has 8 nitrogen and oxygen atoms in total.